The summed E-state index contributed by atoms with van der Waals surface area (Å²) in [7, 11) is -4.05. The molecule has 1 atom stereocenters. The zero-order chi connectivity index (χ0) is 35.8. The number of rotatable bonds is 12. The monoisotopic (exact) mass is 688 g/mol. The molecule has 0 bridgehead atoms. The van der Waals surface area contributed by atoms with Gasteiger partial charge in [-0.05, 0) is 108 Å². The summed E-state index contributed by atoms with van der Waals surface area (Å²) in [5.41, 5.74) is 1.44. The van der Waals surface area contributed by atoms with Crippen LogP contribution in [0.25, 0.3) is 11.1 Å². The SMILES string of the molecule is CCOc1cccc(-c2ccc(CC(NS(=O)(=O)c3cccnc3)c3cccc(N(CC(=O)OC(C)(C)C)C(=O)OC(C)(C)C)n3)cc2)c1. The number of pyridine rings is 2. The van der Waals surface area contributed by atoms with E-state index in [2.05, 4.69) is 9.71 Å². The van der Waals surface area contributed by atoms with Gasteiger partial charge in [0.05, 0.1) is 18.3 Å². The molecule has 0 spiro atoms. The highest BCUT2D eigenvalue weighted by molar-refractivity contribution is 7.89. The van der Waals surface area contributed by atoms with Crippen LogP contribution in [0.4, 0.5) is 10.6 Å². The van der Waals surface area contributed by atoms with E-state index in [-0.39, 0.29) is 17.1 Å². The van der Waals surface area contributed by atoms with E-state index >= 15 is 0 Å². The average Bonchev–Trinajstić information content (AvgIpc) is 3.03. The van der Waals surface area contributed by atoms with Crippen molar-refractivity contribution in [3.63, 3.8) is 0 Å². The van der Waals surface area contributed by atoms with Crippen molar-refractivity contribution < 1.29 is 32.2 Å². The number of esters is 1. The van der Waals surface area contributed by atoms with Crippen molar-refractivity contribution in [1.29, 1.82) is 0 Å². The fourth-order valence-corrected chi connectivity index (χ4v) is 5.98. The Kier molecular flexibility index (Phi) is 11.8. The molecular formula is C37H44N4O7S. The van der Waals surface area contributed by atoms with E-state index in [4.69, 9.17) is 19.2 Å². The largest absolute Gasteiger partial charge is 0.494 e. The quantitative estimate of drug-likeness (QED) is 0.158. The molecule has 4 aromatic rings. The van der Waals surface area contributed by atoms with Crippen LogP contribution in [0.15, 0.2) is 96.2 Å². The molecule has 260 valence electrons. The summed E-state index contributed by atoms with van der Waals surface area (Å²) in [5, 5.41) is 0. The number of anilines is 1. The van der Waals surface area contributed by atoms with Crippen molar-refractivity contribution in [2.75, 3.05) is 18.1 Å². The number of ether oxygens (including phenoxy) is 3. The fraction of sp³-hybridized carbons (Fsp3) is 0.351. The molecule has 0 saturated heterocycles. The predicted octanol–water partition coefficient (Wildman–Crippen LogP) is 6.89. The van der Waals surface area contributed by atoms with Crippen molar-refractivity contribution in [3.8, 4) is 16.9 Å². The average molecular weight is 689 g/mol. The standard InChI is InChI=1S/C37H44N4O7S/c1-8-46-29-13-9-12-28(23-29)27-19-17-26(18-20-27)22-32(40-49(44,45)30-14-11-21-38-24-30)31-15-10-16-33(39-31)41(35(43)48-37(5,6)7)25-34(42)47-36(2,3)4/h9-21,23-24,32,40H,8,22,25H2,1-7H3. The molecule has 0 saturated carbocycles. The molecule has 49 heavy (non-hydrogen) atoms. The first-order chi connectivity index (χ1) is 23.0. The number of aromatic nitrogens is 2. The van der Waals surface area contributed by atoms with Crippen molar-refractivity contribution in [1.82, 2.24) is 14.7 Å². The van der Waals surface area contributed by atoms with Crippen molar-refractivity contribution in [2.45, 2.75) is 77.0 Å². The second-order valence-electron chi connectivity index (χ2n) is 13.3. The van der Waals surface area contributed by atoms with Crippen LogP contribution in [0.5, 0.6) is 5.75 Å². The van der Waals surface area contributed by atoms with Gasteiger partial charge in [-0.15, -0.1) is 0 Å². The summed E-state index contributed by atoms with van der Waals surface area (Å²) in [6, 6.07) is 22.5. The second kappa shape index (κ2) is 15.6. The van der Waals surface area contributed by atoms with E-state index in [1.54, 1.807) is 59.7 Å². The number of carbonyl (C=O) groups excluding carboxylic acids is 2. The van der Waals surface area contributed by atoms with Crippen LogP contribution < -0.4 is 14.4 Å². The normalized spacial score (nSPS) is 12.6. The van der Waals surface area contributed by atoms with Crippen LogP contribution in [-0.4, -0.2) is 54.8 Å². The van der Waals surface area contributed by atoms with Crippen LogP contribution in [0, 0.1) is 0 Å². The van der Waals surface area contributed by atoms with Gasteiger partial charge in [-0.3, -0.25) is 14.7 Å². The summed E-state index contributed by atoms with van der Waals surface area (Å²) < 4.78 is 46.6. The molecule has 0 aliphatic rings. The van der Waals surface area contributed by atoms with Gasteiger partial charge in [-0.25, -0.2) is 22.9 Å². The zero-order valence-electron chi connectivity index (χ0n) is 29.0. The zero-order valence-corrected chi connectivity index (χ0v) is 29.8. The lowest BCUT2D eigenvalue weighted by molar-refractivity contribution is -0.153. The van der Waals surface area contributed by atoms with Crippen molar-refractivity contribution >= 4 is 27.9 Å². The van der Waals surface area contributed by atoms with Crippen LogP contribution in [0.3, 0.4) is 0 Å². The lowest BCUT2D eigenvalue weighted by Crippen LogP contribution is -2.42. The molecule has 2 heterocycles. The highest BCUT2D eigenvalue weighted by Crippen LogP contribution is 2.28. The molecule has 2 aromatic carbocycles. The van der Waals surface area contributed by atoms with Gasteiger partial charge < -0.3 is 14.2 Å². The van der Waals surface area contributed by atoms with Gasteiger partial charge >= 0.3 is 12.1 Å². The van der Waals surface area contributed by atoms with E-state index in [0.29, 0.717) is 12.3 Å². The summed E-state index contributed by atoms with van der Waals surface area (Å²) in [5.74, 6) is 0.200. The molecule has 1 amide bonds. The van der Waals surface area contributed by atoms with Gasteiger partial charge in [0.1, 0.15) is 34.2 Å². The van der Waals surface area contributed by atoms with Gasteiger partial charge in [0.2, 0.25) is 10.0 Å². The van der Waals surface area contributed by atoms with Crippen LogP contribution in [0.2, 0.25) is 0 Å². The topological polar surface area (TPSA) is 137 Å². The summed E-state index contributed by atoms with van der Waals surface area (Å²) in [6.07, 6.45) is 2.16. The lowest BCUT2D eigenvalue weighted by atomic mass is 9.99. The second-order valence-corrected chi connectivity index (χ2v) is 15.0. The number of hydrogen-bond donors (Lipinski definition) is 1. The van der Waals surface area contributed by atoms with Gasteiger partial charge in [-0.1, -0.05) is 42.5 Å². The number of nitrogens with one attached hydrogen (secondary N) is 1. The number of sulfonamides is 1. The summed E-state index contributed by atoms with van der Waals surface area (Å²) >= 11 is 0. The molecule has 2 aromatic heterocycles. The lowest BCUT2D eigenvalue weighted by Gasteiger charge is -2.28. The third-order valence-electron chi connectivity index (χ3n) is 6.82. The Morgan fingerprint density at radius 1 is 0.857 bits per heavy atom. The van der Waals surface area contributed by atoms with Gasteiger partial charge in [-0.2, -0.15) is 0 Å². The minimum Gasteiger partial charge on any atom is -0.494 e. The van der Waals surface area contributed by atoms with E-state index in [1.165, 1.54) is 24.5 Å². The Morgan fingerprint density at radius 2 is 1.55 bits per heavy atom. The maximum Gasteiger partial charge on any atom is 0.416 e. The van der Waals surface area contributed by atoms with E-state index in [0.717, 1.165) is 27.3 Å². The Labute approximate surface area is 288 Å². The molecule has 0 aliphatic carbocycles. The van der Waals surface area contributed by atoms with Crippen molar-refractivity contribution in [3.05, 3.63) is 103 Å². The maximum absolute atomic E-state index is 13.6. The van der Waals surface area contributed by atoms with E-state index in [1.807, 2.05) is 55.5 Å². The van der Waals surface area contributed by atoms with Gasteiger partial charge in [0.25, 0.3) is 0 Å². The van der Waals surface area contributed by atoms with Crippen LogP contribution in [0.1, 0.15) is 65.8 Å². The number of hydrogen-bond acceptors (Lipinski definition) is 9. The number of nitrogens with zero attached hydrogens (tertiary/aromatic N) is 3. The number of benzene rings is 2. The van der Waals surface area contributed by atoms with Gasteiger partial charge in [0.15, 0.2) is 0 Å². The molecule has 12 heteroatoms. The Hall–Kier alpha value is -4.81. The molecule has 1 unspecified atom stereocenters. The van der Waals surface area contributed by atoms with Crippen LogP contribution >= 0.6 is 0 Å². The molecule has 0 fully saturated rings. The third kappa shape index (κ3) is 11.1. The molecular weight excluding hydrogens is 644 g/mol. The molecule has 4 rings (SSSR count). The number of amides is 1. The first-order valence-electron chi connectivity index (χ1n) is 16.0. The van der Waals surface area contributed by atoms with E-state index in [9.17, 15) is 18.0 Å². The maximum atomic E-state index is 13.6. The molecule has 0 radical (unpaired) electrons. The first-order valence-corrected chi connectivity index (χ1v) is 17.4. The summed E-state index contributed by atoms with van der Waals surface area (Å²) in [6.45, 7) is 12.3. The molecule has 1 N–H and O–H groups in total. The third-order valence-corrected chi connectivity index (χ3v) is 8.28. The number of carbonyl (C=O) groups is 2. The highest BCUT2D eigenvalue weighted by Gasteiger charge is 2.30. The summed E-state index contributed by atoms with van der Waals surface area (Å²) in [4.78, 5) is 36.0. The van der Waals surface area contributed by atoms with Crippen LogP contribution in [-0.2, 0) is 30.7 Å². The first kappa shape index (κ1) is 37.0. The van der Waals surface area contributed by atoms with Gasteiger partial charge in [0, 0.05) is 12.4 Å². The Morgan fingerprint density at radius 3 is 2.18 bits per heavy atom. The van der Waals surface area contributed by atoms with Crippen molar-refractivity contribution in [2.24, 2.45) is 0 Å². The smallest absolute Gasteiger partial charge is 0.416 e. The Balaban J connectivity index is 1.71. The minimum atomic E-state index is -4.05. The molecule has 11 nitrogen and oxygen atoms in total. The van der Waals surface area contributed by atoms with E-state index < -0.39 is 45.9 Å². The molecule has 0 aliphatic heterocycles. The minimum absolute atomic E-state index is 0.0130. The predicted molar refractivity (Wildman–Crippen MR) is 188 cm³/mol. The Bertz CT molecular complexity index is 1840. The highest BCUT2D eigenvalue weighted by atomic mass is 32.2. The fourth-order valence-electron chi connectivity index (χ4n) is 4.81.